The fourth-order valence-electron chi connectivity index (χ4n) is 3.31. The van der Waals surface area contributed by atoms with Crippen molar-refractivity contribution in [2.24, 2.45) is 0 Å². The molecule has 0 fully saturated rings. The van der Waals surface area contributed by atoms with Crippen LogP contribution in [0.15, 0.2) is 91.0 Å². The van der Waals surface area contributed by atoms with E-state index in [-0.39, 0.29) is 19.2 Å². The van der Waals surface area contributed by atoms with E-state index in [0.717, 1.165) is 16.7 Å². The second kappa shape index (κ2) is 11.1. The van der Waals surface area contributed by atoms with Gasteiger partial charge in [0.1, 0.15) is 12.6 Å². The molecule has 29 heavy (non-hydrogen) atoms. The number of hydrogen-bond donors (Lipinski definition) is 1. The minimum absolute atomic E-state index is 0.0782. The van der Waals surface area contributed by atoms with Gasteiger partial charge in [-0.3, -0.25) is 9.69 Å². The molecule has 0 saturated heterocycles. The number of benzene rings is 3. The summed E-state index contributed by atoms with van der Waals surface area (Å²) in [6.45, 7) is 1.35. The highest BCUT2D eigenvalue weighted by Crippen LogP contribution is 2.17. The van der Waals surface area contributed by atoms with Crippen molar-refractivity contribution in [1.82, 2.24) is 4.90 Å². The zero-order valence-corrected chi connectivity index (χ0v) is 16.5. The summed E-state index contributed by atoms with van der Waals surface area (Å²) >= 11 is 0. The first-order valence-electron chi connectivity index (χ1n) is 9.89. The second-order valence-corrected chi connectivity index (χ2v) is 7.00. The first-order valence-corrected chi connectivity index (χ1v) is 9.89. The Kier molecular flexibility index (Phi) is 7.99. The van der Waals surface area contributed by atoms with Gasteiger partial charge in [0.25, 0.3) is 0 Å². The summed E-state index contributed by atoms with van der Waals surface area (Å²) in [5, 5.41) is 9.62. The van der Waals surface area contributed by atoms with E-state index in [0.29, 0.717) is 19.5 Å². The number of hydrogen-bond acceptors (Lipinski definition) is 4. The van der Waals surface area contributed by atoms with Crippen molar-refractivity contribution >= 4 is 5.97 Å². The van der Waals surface area contributed by atoms with Gasteiger partial charge < -0.3 is 9.84 Å². The third-order valence-electron chi connectivity index (χ3n) is 4.80. The van der Waals surface area contributed by atoms with E-state index in [1.54, 1.807) is 0 Å². The van der Waals surface area contributed by atoms with Crippen LogP contribution in [0.1, 0.15) is 23.1 Å². The molecular formula is C25H27NO3. The lowest BCUT2D eigenvalue weighted by molar-refractivity contribution is -0.152. The van der Waals surface area contributed by atoms with Crippen molar-refractivity contribution in [2.45, 2.75) is 32.2 Å². The van der Waals surface area contributed by atoms with Gasteiger partial charge in [0.2, 0.25) is 0 Å². The first-order chi connectivity index (χ1) is 14.3. The fourth-order valence-corrected chi connectivity index (χ4v) is 3.31. The highest BCUT2D eigenvalue weighted by atomic mass is 16.5. The Morgan fingerprint density at radius 1 is 0.759 bits per heavy atom. The van der Waals surface area contributed by atoms with E-state index in [4.69, 9.17) is 4.74 Å². The largest absolute Gasteiger partial charge is 0.460 e. The molecule has 4 nitrogen and oxygen atoms in total. The van der Waals surface area contributed by atoms with E-state index >= 15 is 0 Å². The Balaban J connectivity index is 1.77. The Morgan fingerprint density at radius 2 is 1.21 bits per heavy atom. The molecule has 4 heteroatoms. The predicted molar refractivity (Wildman–Crippen MR) is 114 cm³/mol. The van der Waals surface area contributed by atoms with Crippen molar-refractivity contribution in [2.75, 3.05) is 6.61 Å². The van der Waals surface area contributed by atoms with Crippen LogP contribution in [0, 0.1) is 0 Å². The van der Waals surface area contributed by atoms with Gasteiger partial charge in [-0.2, -0.15) is 0 Å². The molecule has 0 amide bonds. The SMILES string of the molecule is O=C(OCc1ccccc1)C(CCO)N(Cc1ccccc1)Cc1ccccc1. The molecule has 0 radical (unpaired) electrons. The van der Waals surface area contributed by atoms with Crippen molar-refractivity contribution in [3.63, 3.8) is 0 Å². The standard InChI is InChI=1S/C25H27NO3/c27-17-16-24(25(28)29-20-23-14-8-3-9-15-23)26(18-21-10-4-1-5-11-21)19-22-12-6-2-7-13-22/h1-15,24,27H,16-20H2. The van der Waals surface area contributed by atoms with Crippen molar-refractivity contribution in [3.05, 3.63) is 108 Å². The van der Waals surface area contributed by atoms with E-state index in [1.165, 1.54) is 0 Å². The molecule has 3 aromatic carbocycles. The number of nitrogens with zero attached hydrogens (tertiary/aromatic N) is 1. The van der Waals surface area contributed by atoms with Crippen LogP contribution in [0.3, 0.4) is 0 Å². The summed E-state index contributed by atoms with van der Waals surface area (Å²) in [6, 6.07) is 29.2. The molecule has 0 aliphatic carbocycles. The van der Waals surface area contributed by atoms with Gasteiger partial charge in [0.15, 0.2) is 0 Å². The Morgan fingerprint density at radius 3 is 1.66 bits per heavy atom. The maximum atomic E-state index is 13.0. The summed E-state index contributed by atoms with van der Waals surface area (Å²) in [5.74, 6) is -0.310. The number of ether oxygens (including phenoxy) is 1. The fraction of sp³-hybridized carbons (Fsp3) is 0.240. The summed E-state index contributed by atoms with van der Waals surface area (Å²) in [7, 11) is 0. The number of carbonyl (C=O) groups is 1. The topological polar surface area (TPSA) is 49.8 Å². The Bertz CT molecular complexity index is 812. The van der Waals surface area contributed by atoms with Crippen molar-refractivity contribution in [3.8, 4) is 0 Å². The lowest BCUT2D eigenvalue weighted by Crippen LogP contribution is -2.42. The molecule has 0 aromatic heterocycles. The highest BCUT2D eigenvalue weighted by Gasteiger charge is 2.27. The monoisotopic (exact) mass is 389 g/mol. The summed E-state index contributed by atoms with van der Waals surface area (Å²) in [5.41, 5.74) is 3.17. The number of esters is 1. The Labute approximate surface area is 172 Å². The Hall–Kier alpha value is -2.95. The number of aliphatic hydroxyl groups is 1. The molecule has 0 saturated carbocycles. The minimum atomic E-state index is -0.524. The smallest absolute Gasteiger partial charge is 0.323 e. The zero-order valence-electron chi connectivity index (χ0n) is 16.5. The molecule has 1 N–H and O–H groups in total. The number of carbonyl (C=O) groups excluding carboxylic acids is 1. The van der Waals surface area contributed by atoms with Crippen LogP contribution >= 0.6 is 0 Å². The molecule has 3 rings (SSSR count). The molecule has 0 heterocycles. The average Bonchev–Trinajstić information content (AvgIpc) is 2.77. The molecule has 1 unspecified atom stereocenters. The lowest BCUT2D eigenvalue weighted by Gasteiger charge is -2.30. The maximum absolute atomic E-state index is 13.0. The molecule has 0 aliphatic rings. The van der Waals surface area contributed by atoms with Crippen LogP contribution in [-0.4, -0.2) is 28.6 Å². The molecule has 3 aromatic rings. The molecule has 0 aliphatic heterocycles. The van der Waals surface area contributed by atoms with Gasteiger partial charge in [-0.1, -0.05) is 91.0 Å². The van der Waals surface area contributed by atoms with Crippen LogP contribution < -0.4 is 0 Å². The van der Waals surface area contributed by atoms with Gasteiger partial charge in [0, 0.05) is 19.7 Å². The van der Waals surface area contributed by atoms with Crippen LogP contribution in [0.25, 0.3) is 0 Å². The molecule has 1 atom stereocenters. The van der Waals surface area contributed by atoms with Gasteiger partial charge >= 0.3 is 5.97 Å². The summed E-state index contributed by atoms with van der Waals surface area (Å²) < 4.78 is 5.61. The first kappa shape index (κ1) is 20.8. The van der Waals surface area contributed by atoms with Crippen LogP contribution in [0.4, 0.5) is 0 Å². The van der Waals surface area contributed by atoms with E-state index in [1.807, 2.05) is 91.0 Å². The van der Waals surface area contributed by atoms with E-state index < -0.39 is 6.04 Å². The maximum Gasteiger partial charge on any atom is 0.323 e. The summed E-state index contributed by atoms with van der Waals surface area (Å²) in [6.07, 6.45) is 0.327. The molecule has 150 valence electrons. The lowest BCUT2D eigenvalue weighted by atomic mass is 10.1. The van der Waals surface area contributed by atoms with Crippen LogP contribution in [-0.2, 0) is 29.2 Å². The van der Waals surface area contributed by atoms with Gasteiger partial charge in [-0.15, -0.1) is 0 Å². The molecule has 0 bridgehead atoms. The van der Waals surface area contributed by atoms with E-state index in [9.17, 15) is 9.90 Å². The van der Waals surface area contributed by atoms with Crippen LogP contribution in [0.2, 0.25) is 0 Å². The van der Waals surface area contributed by atoms with E-state index in [2.05, 4.69) is 4.90 Å². The van der Waals surface area contributed by atoms with Crippen molar-refractivity contribution < 1.29 is 14.6 Å². The quantitative estimate of drug-likeness (QED) is 0.529. The number of rotatable bonds is 10. The predicted octanol–water partition coefficient (Wildman–Crippen LogP) is 4.18. The molecule has 0 spiro atoms. The molecular weight excluding hydrogens is 362 g/mol. The van der Waals surface area contributed by atoms with Gasteiger partial charge in [0.05, 0.1) is 0 Å². The van der Waals surface area contributed by atoms with Crippen LogP contribution in [0.5, 0.6) is 0 Å². The van der Waals surface area contributed by atoms with Crippen molar-refractivity contribution in [1.29, 1.82) is 0 Å². The second-order valence-electron chi connectivity index (χ2n) is 7.00. The normalized spacial score (nSPS) is 11.9. The zero-order chi connectivity index (χ0) is 20.3. The minimum Gasteiger partial charge on any atom is -0.460 e. The van der Waals surface area contributed by atoms with Gasteiger partial charge in [-0.05, 0) is 23.1 Å². The third kappa shape index (κ3) is 6.56. The number of aliphatic hydroxyl groups excluding tert-OH is 1. The third-order valence-corrected chi connectivity index (χ3v) is 4.80. The highest BCUT2D eigenvalue weighted by molar-refractivity contribution is 5.75. The summed E-state index contributed by atoms with van der Waals surface area (Å²) in [4.78, 5) is 15.0. The average molecular weight is 389 g/mol. The van der Waals surface area contributed by atoms with Gasteiger partial charge in [-0.25, -0.2) is 0 Å².